The highest BCUT2D eigenvalue weighted by Gasteiger charge is 2.27. The molecule has 0 aromatic heterocycles. The molecule has 116 valence electrons. The molecule has 0 radical (unpaired) electrons. The summed E-state index contributed by atoms with van der Waals surface area (Å²) in [6.07, 6.45) is 3.37. The fraction of sp³-hybridized carbons (Fsp3) is 0.533. The number of Topliss-reactive ketones (excluding diaryl/α,β-unsaturated/α-hetero) is 1. The Morgan fingerprint density at radius 3 is 2.71 bits per heavy atom. The molecule has 4 nitrogen and oxygen atoms in total. The third kappa shape index (κ3) is 4.63. The van der Waals surface area contributed by atoms with Crippen LogP contribution in [-0.2, 0) is 10.0 Å². The fourth-order valence-electron chi connectivity index (χ4n) is 2.77. The molecule has 1 atom stereocenters. The van der Waals surface area contributed by atoms with Crippen molar-refractivity contribution >= 4 is 31.7 Å². The largest absolute Gasteiger partial charge is 0.294 e. The number of benzene rings is 1. The predicted octanol–water partition coefficient (Wildman–Crippen LogP) is 3.00. The van der Waals surface area contributed by atoms with Gasteiger partial charge in [-0.2, -0.15) is 0 Å². The standard InChI is InChI=1S/C15H20BrNO3S/c1-11-6-13(9-14(16)7-11)15(18)8-12-4-3-5-17(10-12)21(2,19)20/h6-7,9,12H,3-5,8,10H2,1-2H3. The Labute approximate surface area is 134 Å². The van der Waals surface area contributed by atoms with Gasteiger partial charge < -0.3 is 0 Å². The third-order valence-electron chi connectivity index (χ3n) is 3.79. The summed E-state index contributed by atoms with van der Waals surface area (Å²) in [5.74, 6) is 0.194. The molecule has 0 amide bonds. The Morgan fingerprint density at radius 2 is 2.10 bits per heavy atom. The molecule has 0 bridgehead atoms. The van der Waals surface area contributed by atoms with E-state index in [1.165, 1.54) is 10.6 Å². The van der Waals surface area contributed by atoms with Crippen LogP contribution in [0.2, 0.25) is 0 Å². The maximum atomic E-state index is 12.4. The molecular formula is C15H20BrNO3S. The minimum atomic E-state index is -3.16. The van der Waals surface area contributed by atoms with E-state index in [2.05, 4.69) is 15.9 Å². The van der Waals surface area contributed by atoms with Gasteiger partial charge >= 0.3 is 0 Å². The van der Waals surface area contributed by atoms with Crippen molar-refractivity contribution in [1.82, 2.24) is 4.31 Å². The van der Waals surface area contributed by atoms with E-state index in [9.17, 15) is 13.2 Å². The van der Waals surface area contributed by atoms with E-state index in [4.69, 9.17) is 0 Å². The zero-order valence-corrected chi connectivity index (χ0v) is 14.7. The highest BCUT2D eigenvalue weighted by atomic mass is 79.9. The lowest BCUT2D eigenvalue weighted by atomic mass is 9.91. The van der Waals surface area contributed by atoms with Crippen LogP contribution in [0.3, 0.4) is 0 Å². The Bertz CT molecular complexity index is 622. The van der Waals surface area contributed by atoms with Crippen molar-refractivity contribution in [2.45, 2.75) is 26.2 Å². The maximum Gasteiger partial charge on any atom is 0.211 e. The van der Waals surface area contributed by atoms with Gasteiger partial charge in [0, 0.05) is 29.5 Å². The van der Waals surface area contributed by atoms with Crippen LogP contribution < -0.4 is 0 Å². The second-order valence-corrected chi connectivity index (χ2v) is 8.67. The Morgan fingerprint density at radius 1 is 1.38 bits per heavy atom. The van der Waals surface area contributed by atoms with Crippen molar-refractivity contribution in [1.29, 1.82) is 0 Å². The van der Waals surface area contributed by atoms with Gasteiger partial charge in [0.25, 0.3) is 0 Å². The molecule has 1 unspecified atom stereocenters. The van der Waals surface area contributed by atoms with Crippen LogP contribution in [-0.4, -0.2) is 37.9 Å². The number of hydrogen-bond acceptors (Lipinski definition) is 3. The number of carbonyl (C=O) groups excluding carboxylic acids is 1. The zero-order valence-electron chi connectivity index (χ0n) is 12.3. The van der Waals surface area contributed by atoms with Gasteiger partial charge in [-0.1, -0.05) is 15.9 Å². The Kier molecular flexibility index (Phi) is 5.22. The Balaban J connectivity index is 2.05. The first-order valence-electron chi connectivity index (χ1n) is 7.01. The number of nitrogens with zero attached hydrogens (tertiary/aromatic N) is 1. The van der Waals surface area contributed by atoms with Gasteiger partial charge in [0.2, 0.25) is 10.0 Å². The van der Waals surface area contributed by atoms with Gasteiger partial charge in [0.1, 0.15) is 0 Å². The summed E-state index contributed by atoms with van der Waals surface area (Å²) < 4.78 is 25.6. The van der Waals surface area contributed by atoms with Crippen molar-refractivity contribution in [3.05, 3.63) is 33.8 Å². The highest BCUT2D eigenvalue weighted by molar-refractivity contribution is 9.10. The zero-order chi connectivity index (χ0) is 15.6. The summed E-state index contributed by atoms with van der Waals surface area (Å²) in [7, 11) is -3.16. The smallest absolute Gasteiger partial charge is 0.211 e. The van der Waals surface area contributed by atoms with E-state index in [0.29, 0.717) is 25.1 Å². The minimum Gasteiger partial charge on any atom is -0.294 e. The van der Waals surface area contributed by atoms with E-state index < -0.39 is 10.0 Å². The SMILES string of the molecule is Cc1cc(Br)cc(C(=O)CC2CCCN(S(C)(=O)=O)C2)c1. The van der Waals surface area contributed by atoms with Crippen LogP contribution in [0, 0.1) is 12.8 Å². The summed E-state index contributed by atoms with van der Waals surface area (Å²) in [4.78, 5) is 12.4. The lowest BCUT2D eigenvalue weighted by Crippen LogP contribution is -2.39. The molecular weight excluding hydrogens is 354 g/mol. The first kappa shape index (κ1) is 16.6. The summed E-state index contributed by atoms with van der Waals surface area (Å²) >= 11 is 3.40. The molecule has 0 spiro atoms. The van der Waals surface area contributed by atoms with Crippen molar-refractivity contribution in [3.8, 4) is 0 Å². The van der Waals surface area contributed by atoms with E-state index in [0.717, 1.165) is 22.9 Å². The number of aryl methyl sites for hydroxylation is 1. The van der Waals surface area contributed by atoms with Crippen molar-refractivity contribution in [2.75, 3.05) is 19.3 Å². The maximum absolute atomic E-state index is 12.4. The number of carbonyl (C=O) groups is 1. The minimum absolute atomic E-state index is 0.0831. The van der Waals surface area contributed by atoms with Crippen molar-refractivity contribution in [3.63, 3.8) is 0 Å². The van der Waals surface area contributed by atoms with E-state index >= 15 is 0 Å². The molecule has 1 aliphatic heterocycles. The number of ketones is 1. The van der Waals surface area contributed by atoms with Crippen LogP contribution in [0.5, 0.6) is 0 Å². The first-order valence-corrected chi connectivity index (χ1v) is 9.65. The molecule has 1 fully saturated rings. The molecule has 0 saturated carbocycles. The van der Waals surface area contributed by atoms with Gasteiger partial charge in [-0.05, 0) is 49.4 Å². The van der Waals surface area contributed by atoms with Crippen molar-refractivity contribution < 1.29 is 13.2 Å². The summed E-state index contributed by atoms with van der Waals surface area (Å²) in [6.45, 7) is 2.98. The summed E-state index contributed by atoms with van der Waals surface area (Å²) in [6, 6.07) is 5.67. The molecule has 0 N–H and O–H groups in total. The summed E-state index contributed by atoms with van der Waals surface area (Å²) in [5.41, 5.74) is 1.73. The molecule has 2 rings (SSSR count). The van der Waals surface area contributed by atoms with Crippen LogP contribution in [0.4, 0.5) is 0 Å². The fourth-order valence-corrected chi connectivity index (χ4v) is 4.32. The van der Waals surface area contributed by atoms with E-state index in [-0.39, 0.29) is 11.7 Å². The average Bonchev–Trinajstić information content (AvgIpc) is 2.37. The van der Waals surface area contributed by atoms with Gasteiger partial charge in [0.15, 0.2) is 5.78 Å². The predicted molar refractivity (Wildman–Crippen MR) is 87.0 cm³/mol. The van der Waals surface area contributed by atoms with Crippen molar-refractivity contribution in [2.24, 2.45) is 5.92 Å². The van der Waals surface area contributed by atoms with Crippen LogP contribution >= 0.6 is 15.9 Å². The number of hydrogen-bond donors (Lipinski definition) is 0. The molecule has 1 saturated heterocycles. The Hall–Kier alpha value is -0.720. The summed E-state index contributed by atoms with van der Waals surface area (Å²) in [5, 5.41) is 0. The molecule has 1 aliphatic rings. The first-order chi connectivity index (χ1) is 9.75. The molecule has 1 heterocycles. The topological polar surface area (TPSA) is 54.5 Å². The monoisotopic (exact) mass is 373 g/mol. The van der Waals surface area contributed by atoms with Crippen LogP contribution in [0.1, 0.15) is 35.2 Å². The molecule has 21 heavy (non-hydrogen) atoms. The number of sulfonamides is 1. The second-order valence-electron chi connectivity index (χ2n) is 5.77. The van der Waals surface area contributed by atoms with Crippen LogP contribution in [0.15, 0.2) is 22.7 Å². The average molecular weight is 374 g/mol. The van der Waals surface area contributed by atoms with Crippen LogP contribution in [0.25, 0.3) is 0 Å². The lowest BCUT2D eigenvalue weighted by Gasteiger charge is -2.30. The third-order valence-corrected chi connectivity index (χ3v) is 5.52. The number of piperidine rings is 1. The van der Waals surface area contributed by atoms with Gasteiger partial charge in [-0.15, -0.1) is 0 Å². The normalized spacial score (nSPS) is 20.4. The van der Waals surface area contributed by atoms with Gasteiger partial charge in [-0.3, -0.25) is 4.79 Å². The van der Waals surface area contributed by atoms with Gasteiger partial charge in [-0.25, -0.2) is 12.7 Å². The number of rotatable bonds is 4. The number of halogens is 1. The van der Waals surface area contributed by atoms with E-state index in [1.807, 2.05) is 25.1 Å². The lowest BCUT2D eigenvalue weighted by molar-refractivity contribution is 0.0942. The highest BCUT2D eigenvalue weighted by Crippen LogP contribution is 2.24. The molecule has 1 aromatic rings. The second kappa shape index (κ2) is 6.58. The molecule has 6 heteroatoms. The van der Waals surface area contributed by atoms with Gasteiger partial charge in [0.05, 0.1) is 6.26 Å². The molecule has 1 aromatic carbocycles. The molecule has 0 aliphatic carbocycles. The quantitative estimate of drug-likeness (QED) is 0.762. The van der Waals surface area contributed by atoms with E-state index in [1.54, 1.807) is 0 Å².